The molecule has 0 bridgehead atoms. The van der Waals surface area contributed by atoms with Gasteiger partial charge < -0.3 is 14.8 Å². The molecule has 1 atom stereocenters. The zero-order valence-electron chi connectivity index (χ0n) is 24.0. The largest absolute Gasteiger partial charge is 0.354 e. The Balaban J connectivity index is 1.08. The smallest absolute Gasteiger partial charge is 0.256 e. The highest BCUT2D eigenvalue weighted by atomic mass is 79.9. The number of carbonyl (C=O) groups is 2. The summed E-state index contributed by atoms with van der Waals surface area (Å²) in [6.45, 7) is 1.36. The Morgan fingerprint density at radius 1 is 0.957 bits per heavy atom. The highest BCUT2D eigenvalue weighted by molar-refractivity contribution is 9.10. The van der Waals surface area contributed by atoms with E-state index < -0.39 is 29.0 Å². The van der Waals surface area contributed by atoms with Crippen LogP contribution in [0.1, 0.15) is 28.5 Å². The van der Waals surface area contributed by atoms with Gasteiger partial charge in [0.15, 0.2) is 5.43 Å². The fraction of sp³-hybridized carbons (Fsp3) is 0.188. The van der Waals surface area contributed by atoms with Gasteiger partial charge in [-0.25, -0.2) is 13.5 Å². The van der Waals surface area contributed by atoms with E-state index in [2.05, 4.69) is 36.3 Å². The molecule has 0 saturated carbocycles. The fourth-order valence-electron chi connectivity index (χ4n) is 6.33. The minimum absolute atomic E-state index is 0.00569. The minimum Gasteiger partial charge on any atom is -0.354 e. The lowest BCUT2D eigenvalue weighted by atomic mass is 10.0. The van der Waals surface area contributed by atoms with Crippen molar-refractivity contribution >= 4 is 55.2 Å². The molecule has 5 heterocycles. The van der Waals surface area contributed by atoms with E-state index in [0.717, 1.165) is 28.4 Å². The Bertz CT molecular complexity index is 2280. The van der Waals surface area contributed by atoms with Gasteiger partial charge in [-0.1, -0.05) is 21.1 Å². The van der Waals surface area contributed by atoms with Crippen LogP contribution in [0.4, 0.5) is 14.5 Å². The van der Waals surface area contributed by atoms with Crippen molar-refractivity contribution in [2.24, 2.45) is 0 Å². The van der Waals surface area contributed by atoms with E-state index in [-0.39, 0.29) is 34.3 Å². The monoisotopic (exact) mass is 684 g/mol. The van der Waals surface area contributed by atoms with Crippen LogP contribution in [-0.4, -0.2) is 59.6 Å². The highest BCUT2D eigenvalue weighted by Crippen LogP contribution is 2.32. The number of H-pyrrole nitrogens is 1. The molecule has 2 amide bonds. The number of hydrogen-bond acceptors (Lipinski definition) is 6. The second kappa shape index (κ2) is 10.7. The van der Waals surface area contributed by atoms with E-state index in [1.807, 2.05) is 24.3 Å². The Hall–Kier alpha value is -5.24. The Morgan fingerprint density at radius 2 is 1.76 bits per heavy atom. The average molecular weight is 685 g/mol. The molecule has 0 aliphatic carbocycles. The van der Waals surface area contributed by atoms with E-state index in [9.17, 15) is 23.2 Å². The van der Waals surface area contributed by atoms with Crippen molar-refractivity contribution in [2.75, 3.05) is 18.0 Å². The van der Waals surface area contributed by atoms with Gasteiger partial charge in [0.2, 0.25) is 0 Å². The van der Waals surface area contributed by atoms with Crippen molar-refractivity contribution in [3.63, 3.8) is 0 Å². The number of hydrogen-bond donors (Lipinski definition) is 1. The van der Waals surface area contributed by atoms with Gasteiger partial charge in [-0.2, -0.15) is 5.10 Å². The number of rotatable bonds is 4. The molecule has 1 saturated heterocycles. The number of carbonyl (C=O) groups excluding carboxylic acids is 2. The molecule has 3 aromatic heterocycles. The lowest BCUT2D eigenvalue weighted by Crippen LogP contribution is -2.38. The molecule has 6 aromatic rings. The number of nitrogens with zero attached hydrogens (tertiary/aromatic N) is 7. The molecule has 3 aromatic carbocycles. The third-order valence-electron chi connectivity index (χ3n) is 8.64. The first-order chi connectivity index (χ1) is 22.2. The van der Waals surface area contributed by atoms with Crippen LogP contribution in [0.5, 0.6) is 0 Å². The van der Waals surface area contributed by atoms with Gasteiger partial charge in [0, 0.05) is 45.1 Å². The second-order valence-electron chi connectivity index (χ2n) is 11.3. The number of pyridine rings is 1. The molecule has 1 N–H and O–H groups in total. The number of benzene rings is 3. The van der Waals surface area contributed by atoms with Crippen LogP contribution >= 0.6 is 15.9 Å². The fourth-order valence-corrected chi connectivity index (χ4v) is 6.59. The number of halogens is 3. The molecule has 1 fully saturated rings. The highest BCUT2D eigenvalue weighted by Gasteiger charge is 2.35. The van der Waals surface area contributed by atoms with E-state index >= 15 is 0 Å². The molecule has 0 spiro atoms. The van der Waals surface area contributed by atoms with Crippen LogP contribution in [0, 0.1) is 11.6 Å². The first kappa shape index (κ1) is 28.2. The van der Waals surface area contributed by atoms with E-state index in [1.54, 1.807) is 31.6 Å². The van der Waals surface area contributed by atoms with Crippen molar-refractivity contribution in [1.29, 1.82) is 0 Å². The average Bonchev–Trinajstić information content (AvgIpc) is 3.80. The van der Waals surface area contributed by atoms with E-state index in [4.69, 9.17) is 0 Å². The topological polar surface area (TPSA) is 122 Å². The SMILES string of the molecule is O=C(c1cc(F)cc2c(=O)c3cc(F)ccc3[nH]c12)N1CCn2ncc(-c3cn(C4CCN(c5ccc(Br)cc5)C4=O)nn3)c2C1. The molecule has 8 rings (SSSR count). The number of aromatic nitrogens is 6. The maximum absolute atomic E-state index is 14.8. The van der Waals surface area contributed by atoms with Crippen LogP contribution in [0.2, 0.25) is 0 Å². The van der Waals surface area contributed by atoms with Crippen molar-refractivity contribution < 1.29 is 18.4 Å². The van der Waals surface area contributed by atoms with Crippen LogP contribution < -0.4 is 10.3 Å². The molecule has 2 aliphatic heterocycles. The summed E-state index contributed by atoms with van der Waals surface area (Å²) in [6.07, 6.45) is 3.94. The Morgan fingerprint density at radius 3 is 2.59 bits per heavy atom. The third-order valence-corrected chi connectivity index (χ3v) is 9.17. The van der Waals surface area contributed by atoms with Gasteiger partial charge >= 0.3 is 0 Å². The molecule has 1 unspecified atom stereocenters. The molecular weight excluding hydrogens is 662 g/mol. The quantitative estimate of drug-likeness (QED) is 0.266. The summed E-state index contributed by atoms with van der Waals surface area (Å²) in [5.41, 5.74) is 2.61. The van der Waals surface area contributed by atoms with Gasteiger partial charge in [-0.15, -0.1) is 5.10 Å². The van der Waals surface area contributed by atoms with Gasteiger partial charge in [0.25, 0.3) is 11.8 Å². The third kappa shape index (κ3) is 4.59. The molecule has 230 valence electrons. The summed E-state index contributed by atoms with van der Waals surface area (Å²) in [6, 6.07) is 12.9. The van der Waals surface area contributed by atoms with Gasteiger partial charge in [-0.05, 0) is 61.0 Å². The predicted octanol–water partition coefficient (Wildman–Crippen LogP) is 4.81. The number of nitrogens with one attached hydrogen (secondary N) is 1. The zero-order valence-corrected chi connectivity index (χ0v) is 25.5. The minimum atomic E-state index is -0.753. The summed E-state index contributed by atoms with van der Waals surface area (Å²) in [4.78, 5) is 46.7. The van der Waals surface area contributed by atoms with Crippen molar-refractivity contribution in [2.45, 2.75) is 25.6 Å². The summed E-state index contributed by atoms with van der Waals surface area (Å²) in [5, 5.41) is 13.1. The van der Waals surface area contributed by atoms with Gasteiger partial charge in [0.1, 0.15) is 23.4 Å². The standard InChI is InChI=1S/C32H23BrF2N8O3/c33-17-1-4-20(5-2-17)41-8-7-27(32(41)46)43-15-26(38-39-43)24-14-36-42-10-9-40(16-28(24)42)31(45)23-13-19(35)12-22-29(23)37-25-6-3-18(34)11-21(25)30(22)44/h1-6,11-15,27H,7-10,16H2,(H,37,44). The Kier molecular flexibility index (Phi) is 6.56. The molecule has 11 nitrogen and oxygen atoms in total. The normalized spacial score (nSPS) is 16.5. The van der Waals surface area contributed by atoms with Crippen molar-refractivity contribution in [1.82, 2.24) is 34.7 Å². The lowest BCUT2D eigenvalue weighted by Gasteiger charge is -2.28. The Labute approximate surface area is 267 Å². The maximum atomic E-state index is 14.8. The summed E-state index contributed by atoms with van der Waals surface area (Å²) in [5.74, 6) is -1.90. The lowest BCUT2D eigenvalue weighted by molar-refractivity contribution is -0.120. The molecular formula is C32H23BrF2N8O3. The number of amides is 2. The van der Waals surface area contributed by atoms with E-state index in [0.29, 0.717) is 48.5 Å². The molecule has 14 heteroatoms. The van der Waals surface area contributed by atoms with Crippen LogP contribution in [0.25, 0.3) is 33.1 Å². The molecule has 0 radical (unpaired) electrons. The zero-order chi connectivity index (χ0) is 31.7. The van der Waals surface area contributed by atoms with Crippen LogP contribution in [-0.2, 0) is 17.9 Å². The van der Waals surface area contributed by atoms with Crippen LogP contribution in [0.3, 0.4) is 0 Å². The summed E-state index contributed by atoms with van der Waals surface area (Å²) < 4.78 is 32.9. The maximum Gasteiger partial charge on any atom is 0.256 e. The van der Waals surface area contributed by atoms with E-state index in [1.165, 1.54) is 12.1 Å². The summed E-state index contributed by atoms with van der Waals surface area (Å²) in [7, 11) is 0. The van der Waals surface area contributed by atoms with Crippen LogP contribution in [0.15, 0.2) is 76.3 Å². The number of fused-ring (bicyclic) bond motifs is 3. The first-order valence-electron chi connectivity index (χ1n) is 14.5. The first-order valence-corrected chi connectivity index (χ1v) is 15.3. The van der Waals surface area contributed by atoms with Crippen molar-refractivity contribution in [3.05, 3.63) is 105 Å². The predicted molar refractivity (Wildman–Crippen MR) is 168 cm³/mol. The van der Waals surface area contributed by atoms with Gasteiger partial charge in [-0.3, -0.25) is 19.1 Å². The van der Waals surface area contributed by atoms with Gasteiger partial charge in [0.05, 0.1) is 42.3 Å². The molecule has 2 aliphatic rings. The summed E-state index contributed by atoms with van der Waals surface area (Å²) >= 11 is 3.42. The number of aromatic amines is 1. The molecule has 46 heavy (non-hydrogen) atoms. The number of anilines is 1. The second-order valence-corrected chi connectivity index (χ2v) is 12.2. The van der Waals surface area contributed by atoms with Crippen molar-refractivity contribution in [3.8, 4) is 11.3 Å².